The first-order chi connectivity index (χ1) is 10.7. The van der Waals surface area contributed by atoms with E-state index in [2.05, 4.69) is 6.92 Å². The molecule has 0 atom stereocenters. The lowest BCUT2D eigenvalue weighted by Gasteiger charge is -2.31. The Bertz CT molecular complexity index is 329. The van der Waals surface area contributed by atoms with Gasteiger partial charge in [0, 0.05) is 32.2 Å². The topological polar surface area (TPSA) is 55.8 Å². The Morgan fingerprint density at radius 2 is 1.82 bits per heavy atom. The van der Waals surface area contributed by atoms with Gasteiger partial charge in [-0.05, 0) is 32.6 Å². The average Bonchev–Trinajstić information content (AvgIpc) is 2.44. The molecule has 0 heterocycles. The van der Waals surface area contributed by atoms with Crippen molar-refractivity contribution in [2.24, 2.45) is 5.92 Å². The normalized spacial score (nSPS) is 14.5. The summed E-state index contributed by atoms with van der Waals surface area (Å²) in [5.74, 6) is 0.139. The van der Waals surface area contributed by atoms with E-state index < -0.39 is 0 Å². The first-order valence-electron chi connectivity index (χ1n) is 8.71. The number of unbranched alkanes of at least 4 members (excludes halogenated alkanes) is 1. The summed E-state index contributed by atoms with van der Waals surface area (Å²) in [4.78, 5) is 25.7. The Morgan fingerprint density at radius 3 is 2.41 bits per heavy atom. The number of ether oxygens (including phenoxy) is 2. The van der Waals surface area contributed by atoms with Crippen LogP contribution in [0, 0.1) is 5.92 Å². The van der Waals surface area contributed by atoms with Crippen LogP contribution in [-0.4, -0.2) is 49.7 Å². The van der Waals surface area contributed by atoms with Crippen LogP contribution < -0.4 is 0 Å². The molecule has 0 bridgehead atoms. The lowest BCUT2D eigenvalue weighted by molar-refractivity contribution is -0.145. The molecule has 0 spiro atoms. The molecular formula is C17H31NO4. The van der Waals surface area contributed by atoms with Gasteiger partial charge in [0.25, 0.3) is 0 Å². The molecule has 1 aliphatic rings. The van der Waals surface area contributed by atoms with E-state index in [4.69, 9.17) is 9.47 Å². The van der Waals surface area contributed by atoms with Gasteiger partial charge in [-0.1, -0.05) is 19.8 Å². The van der Waals surface area contributed by atoms with Crippen LogP contribution in [-0.2, 0) is 19.1 Å². The molecule has 1 saturated carbocycles. The van der Waals surface area contributed by atoms with E-state index >= 15 is 0 Å². The smallest absolute Gasteiger partial charge is 0.307 e. The Balaban J connectivity index is 2.30. The van der Waals surface area contributed by atoms with Gasteiger partial charge in [0.1, 0.15) is 0 Å². The van der Waals surface area contributed by atoms with Gasteiger partial charge in [-0.15, -0.1) is 0 Å². The summed E-state index contributed by atoms with van der Waals surface area (Å²) in [5, 5.41) is 0. The number of hydrogen-bond acceptors (Lipinski definition) is 4. The Labute approximate surface area is 134 Å². The van der Waals surface area contributed by atoms with Gasteiger partial charge in [0.15, 0.2) is 0 Å². The lowest BCUT2D eigenvalue weighted by Crippen LogP contribution is -2.41. The molecule has 1 amide bonds. The van der Waals surface area contributed by atoms with Gasteiger partial charge in [-0.25, -0.2) is 0 Å². The van der Waals surface area contributed by atoms with Crippen molar-refractivity contribution in [2.45, 2.75) is 58.8 Å². The highest BCUT2D eigenvalue weighted by Gasteiger charge is 2.29. The van der Waals surface area contributed by atoms with Gasteiger partial charge in [0.2, 0.25) is 5.91 Å². The minimum atomic E-state index is -0.229. The van der Waals surface area contributed by atoms with Crippen LogP contribution in [0.15, 0.2) is 0 Å². The van der Waals surface area contributed by atoms with Gasteiger partial charge in [-0.2, -0.15) is 0 Å². The summed E-state index contributed by atoms with van der Waals surface area (Å²) >= 11 is 0. The maximum Gasteiger partial charge on any atom is 0.307 e. The Morgan fingerprint density at radius 1 is 1.09 bits per heavy atom. The molecule has 0 unspecified atom stereocenters. The van der Waals surface area contributed by atoms with Crippen molar-refractivity contribution < 1.29 is 19.1 Å². The van der Waals surface area contributed by atoms with Crippen LogP contribution in [0.1, 0.15) is 58.8 Å². The van der Waals surface area contributed by atoms with Crippen LogP contribution >= 0.6 is 0 Å². The molecule has 5 nitrogen and oxygen atoms in total. The van der Waals surface area contributed by atoms with Crippen molar-refractivity contribution in [1.82, 2.24) is 4.90 Å². The van der Waals surface area contributed by atoms with Crippen LogP contribution in [0.3, 0.4) is 0 Å². The highest BCUT2D eigenvalue weighted by molar-refractivity contribution is 5.80. The highest BCUT2D eigenvalue weighted by atomic mass is 16.5. The summed E-state index contributed by atoms with van der Waals surface area (Å²) < 4.78 is 10.5. The van der Waals surface area contributed by atoms with Crippen molar-refractivity contribution in [2.75, 3.05) is 32.9 Å². The summed E-state index contributed by atoms with van der Waals surface area (Å²) in [5.41, 5.74) is 0. The number of esters is 1. The fraction of sp³-hybridized carbons (Fsp3) is 0.882. The molecule has 0 aromatic rings. The average molecular weight is 313 g/mol. The Kier molecular flexibility index (Phi) is 9.87. The maximum atomic E-state index is 12.4. The second kappa shape index (κ2) is 11.5. The van der Waals surface area contributed by atoms with Crippen molar-refractivity contribution in [3.8, 4) is 0 Å². The number of nitrogens with zero attached hydrogens (tertiary/aromatic N) is 1. The molecule has 128 valence electrons. The van der Waals surface area contributed by atoms with E-state index in [-0.39, 0.29) is 24.2 Å². The van der Waals surface area contributed by atoms with Crippen LogP contribution in [0.5, 0.6) is 0 Å². The lowest BCUT2D eigenvalue weighted by atomic mass is 9.84. The van der Waals surface area contributed by atoms with E-state index in [9.17, 15) is 9.59 Å². The minimum absolute atomic E-state index is 0.170. The Hall–Kier alpha value is -1.10. The zero-order chi connectivity index (χ0) is 16.2. The molecule has 0 radical (unpaired) electrons. The summed E-state index contributed by atoms with van der Waals surface area (Å²) in [6.07, 6.45) is 6.43. The molecule has 0 aromatic heterocycles. The van der Waals surface area contributed by atoms with Gasteiger partial charge >= 0.3 is 5.97 Å². The van der Waals surface area contributed by atoms with Crippen molar-refractivity contribution in [3.05, 3.63) is 0 Å². The fourth-order valence-corrected chi connectivity index (χ4v) is 2.41. The molecule has 0 aliphatic heterocycles. The van der Waals surface area contributed by atoms with Crippen LogP contribution in [0.4, 0.5) is 0 Å². The predicted octanol–water partition coefficient (Wildman–Crippen LogP) is 2.78. The zero-order valence-corrected chi connectivity index (χ0v) is 14.1. The van der Waals surface area contributed by atoms with Gasteiger partial charge in [0.05, 0.1) is 13.0 Å². The zero-order valence-electron chi connectivity index (χ0n) is 14.1. The molecule has 0 aromatic carbocycles. The molecule has 5 heteroatoms. The van der Waals surface area contributed by atoms with Crippen LogP contribution in [0.25, 0.3) is 0 Å². The molecule has 1 rings (SSSR count). The quantitative estimate of drug-likeness (QED) is 0.411. The van der Waals surface area contributed by atoms with E-state index in [0.29, 0.717) is 26.3 Å². The SMILES string of the molecule is CCCCOCCCN(CCC(=O)OCC)C(=O)C1CCC1. The summed E-state index contributed by atoms with van der Waals surface area (Å²) in [6, 6.07) is 0. The number of amides is 1. The summed E-state index contributed by atoms with van der Waals surface area (Å²) in [7, 11) is 0. The van der Waals surface area contributed by atoms with Crippen molar-refractivity contribution in [1.29, 1.82) is 0 Å². The van der Waals surface area contributed by atoms with Gasteiger partial charge < -0.3 is 14.4 Å². The third-order valence-electron chi connectivity index (χ3n) is 4.02. The van der Waals surface area contributed by atoms with Gasteiger partial charge in [-0.3, -0.25) is 9.59 Å². The second-order valence-electron chi connectivity index (χ2n) is 5.83. The van der Waals surface area contributed by atoms with E-state index in [0.717, 1.165) is 45.1 Å². The maximum absolute atomic E-state index is 12.4. The molecular weight excluding hydrogens is 282 g/mol. The third-order valence-corrected chi connectivity index (χ3v) is 4.02. The highest BCUT2D eigenvalue weighted by Crippen LogP contribution is 2.28. The molecule has 1 aliphatic carbocycles. The fourth-order valence-electron chi connectivity index (χ4n) is 2.41. The molecule has 0 N–H and O–H groups in total. The monoisotopic (exact) mass is 313 g/mol. The largest absolute Gasteiger partial charge is 0.466 e. The number of carbonyl (C=O) groups excluding carboxylic acids is 2. The standard InChI is InChI=1S/C17H31NO4/c1-3-5-13-21-14-7-11-18(12-10-16(19)22-4-2)17(20)15-8-6-9-15/h15H,3-14H2,1-2H3. The number of rotatable bonds is 12. The number of carbonyl (C=O) groups is 2. The second-order valence-corrected chi connectivity index (χ2v) is 5.83. The first-order valence-corrected chi connectivity index (χ1v) is 8.71. The number of hydrogen-bond donors (Lipinski definition) is 0. The molecule has 1 fully saturated rings. The van der Waals surface area contributed by atoms with Crippen LogP contribution in [0.2, 0.25) is 0 Å². The minimum Gasteiger partial charge on any atom is -0.466 e. The summed E-state index contributed by atoms with van der Waals surface area (Å²) in [6.45, 7) is 6.91. The van der Waals surface area contributed by atoms with E-state index in [1.807, 2.05) is 4.90 Å². The van der Waals surface area contributed by atoms with E-state index in [1.54, 1.807) is 6.92 Å². The van der Waals surface area contributed by atoms with Crippen molar-refractivity contribution >= 4 is 11.9 Å². The third kappa shape index (κ3) is 7.25. The molecule has 0 saturated heterocycles. The predicted molar refractivity (Wildman–Crippen MR) is 85.5 cm³/mol. The van der Waals surface area contributed by atoms with Crippen molar-refractivity contribution in [3.63, 3.8) is 0 Å². The first kappa shape index (κ1) is 18.9. The van der Waals surface area contributed by atoms with E-state index in [1.165, 1.54) is 0 Å². The molecule has 22 heavy (non-hydrogen) atoms.